The van der Waals surface area contributed by atoms with Crippen molar-refractivity contribution in [3.05, 3.63) is 56.7 Å². The minimum atomic E-state index is -0.140. The predicted molar refractivity (Wildman–Crippen MR) is 92.1 cm³/mol. The average Bonchev–Trinajstić information content (AvgIpc) is 3.24. The lowest BCUT2D eigenvalue weighted by Gasteiger charge is -2.15. The van der Waals surface area contributed by atoms with Gasteiger partial charge in [-0.3, -0.25) is 9.59 Å². The van der Waals surface area contributed by atoms with Crippen LogP contribution in [-0.2, 0) is 6.54 Å². The molecule has 1 N–H and O–H groups in total. The molecule has 120 valence electrons. The van der Waals surface area contributed by atoms with Crippen molar-refractivity contribution < 1.29 is 9.59 Å². The number of nitrogens with one attached hydrogen (secondary N) is 1. The van der Waals surface area contributed by atoms with Gasteiger partial charge in [0.1, 0.15) is 0 Å². The summed E-state index contributed by atoms with van der Waals surface area (Å²) in [5.41, 5.74) is 1.66. The van der Waals surface area contributed by atoms with Crippen LogP contribution in [0.5, 0.6) is 0 Å². The standard InChI is InChI=1S/C17H17ClN2O2S/c18-15-8-7-14(23-15)16(21)19-11-12-3-5-13(6-4-12)17(22)20-9-1-2-10-20/h3-8H,1-2,9-11H2,(H,19,21). The molecule has 1 aromatic heterocycles. The number of carbonyl (C=O) groups is 2. The summed E-state index contributed by atoms with van der Waals surface area (Å²) in [6.07, 6.45) is 2.17. The Kier molecular flexibility index (Phi) is 4.98. The van der Waals surface area contributed by atoms with Gasteiger partial charge in [0, 0.05) is 25.2 Å². The molecule has 1 aromatic carbocycles. The minimum Gasteiger partial charge on any atom is -0.347 e. The molecular formula is C17H17ClN2O2S. The maximum Gasteiger partial charge on any atom is 0.261 e. The van der Waals surface area contributed by atoms with Crippen molar-refractivity contribution in [3.63, 3.8) is 0 Å². The normalized spacial score (nSPS) is 14.0. The van der Waals surface area contributed by atoms with E-state index in [2.05, 4.69) is 5.32 Å². The molecule has 1 aliphatic heterocycles. The fourth-order valence-electron chi connectivity index (χ4n) is 2.57. The molecule has 2 amide bonds. The maximum absolute atomic E-state index is 12.3. The third-order valence-corrected chi connectivity index (χ3v) is 5.07. The van der Waals surface area contributed by atoms with Gasteiger partial charge in [-0.1, -0.05) is 23.7 Å². The highest BCUT2D eigenvalue weighted by molar-refractivity contribution is 7.17. The van der Waals surface area contributed by atoms with E-state index in [1.165, 1.54) is 11.3 Å². The van der Waals surface area contributed by atoms with Gasteiger partial charge < -0.3 is 10.2 Å². The highest BCUT2D eigenvalue weighted by Gasteiger charge is 2.19. The van der Waals surface area contributed by atoms with Gasteiger partial charge in [-0.15, -0.1) is 11.3 Å². The van der Waals surface area contributed by atoms with Crippen LogP contribution >= 0.6 is 22.9 Å². The van der Waals surface area contributed by atoms with Gasteiger partial charge in [0.05, 0.1) is 9.21 Å². The molecule has 0 saturated carbocycles. The van der Waals surface area contributed by atoms with Gasteiger partial charge >= 0.3 is 0 Å². The molecule has 0 radical (unpaired) electrons. The number of benzene rings is 1. The molecule has 6 heteroatoms. The number of hydrogen-bond acceptors (Lipinski definition) is 3. The number of amides is 2. The number of thiophene rings is 1. The van der Waals surface area contributed by atoms with E-state index >= 15 is 0 Å². The Morgan fingerprint density at radius 1 is 1.09 bits per heavy atom. The van der Waals surface area contributed by atoms with E-state index in [1.807, 2.05) is 29.2 Å². The fraction of sp³-hybridized carbons (Fsp3) is 0.294. The summed E-state index contributed by atoms with van der Waals surface area (Å²) < 4.78 is 0.597. The van der Waals surface area contributed by atoms with Crippen molar-refractivity contribution in [2.75, 3.05) is 13.1 Å². The van der Waals surface area contributed by atoms with Crippen LogP contribution in [-0.4, -0.2) is 29.8 Å². The minimum absolute atomic E-state index is 0.0892. The molecular weight excluding hydrogens is 332 g/mol. The molecule has 23 heavy (non-hydrogen) atoms. The quantitative estimate of drug-likeness (QED) is 0.918. The highest BCUT2D eigenvalue weighted by atomic mass is 35.5. The summed E-state index contributed by atoms with van der Waals surface area (Å²) in [4.78, 5) is 26.7. The second kappa shape index (κ2) is 7.15. The summed E-state index contributed by atoms with van der Waals surface area (Å²) in [5.74, 6) is -0.0505. The smallest absolute Gasteiger partial charge is 0.261 e. The van der Waals surface area contributed by atoms with Crippen molar-refractivity contribution in [1.29, 1.82) is 0 Å². The first-order valence-corrected chi connectivity index (χ1v) is 8.75. The summed E-state index contributed by atoms with van der Waals surface area (Å²) in [6.45, 7) is 2.12. The molecule has 1 saturated heterocycles. The Labute approximate surface area is 144 Å². The van der Waals surface area contributed by atoms with Crippen LogP contribution in [0.3, 0.4) is 0 Å². The zero-order valence-electron chi connectivity index (χ0n) is 12.5. The second-order valence-corrected chi connectivity index (χ2v) is 7.20. The van der Waals surface area contributed by atoms with E-state index in [4.69, 9.17) is 11.6 Å². The predicted octanol–water partition coefficient (Wildman–Crippen LogP) is 3.57. The topological polar surface area (TPSA) is 49.4 Å². The Hall–Kier alpha value is -1.85. The number of carbonyl (C=O) groups excluding carboxylic acids is 2. The Morgan fingerprint density at radius 2 is 1.78 bits per heavy atom. The largest absolute Gasteiger partial charge is 0.347 e. The first-order chi connectivity index (χ1) is 11.1. The van der Waals surface area contributed by atoms with Crippen LogP contribution in [0.2, 0.25) is 4.34 Å². The zero-order chi connectivity index (χ0) is 16.2. The zero-order valence-corrected chi connectivity index (χ0v) is 14.1. The van der Waals surface area contributed by atoms with Gasteiger partial charge in [0.25, 0.3) is 11.8 Å². The molecule has 0 bridgehead atoms. The number of nitrogens with zero attached hydrogens (tertiary/aromatic N) is 1. The third-order valence-electron chi connectivity index (χ3n) is 3.84. The second-order valence-electron chi connectivity index (χ2n) is 5.48. The summed E-state index contributed by atoms with van der Waals surface area (Å²) in [7, 11) is 0. The van der Waals surface area contributed by atoms with E-state index in [1.54, 1.807) is 12.1 Å². The van der Waals surface area contributed by atoms with Crippen LogP contribution in [0.25, 0.3) is 0 Å². The number of rotatable bonds is 4. The molecule has 3 rings (SSSR count). The van der Waals surface area contributed by atoms with Crippen LogP contribution in [0.1, 0.15) is 38.4 Å². The molecule has 1 fully saturated rings. The van der Waals surface area contributed by atoms with E-state index in [9.17, 15) is 9.59 Å². The summed E-state index contributed by atoms with van der Waals surface area (Å²) in [6, 6.07) is 10.8. The summed E-state index contributed by atoms with van der Waals surface area (Å²) in [5, 5.41) is 2.85. The van der Waals surface area contributed by atoms with Crippen LogP contribution in [0.4, 0.5) is 0 Å². The van der Waals surface area contributed by atoms with Gasteiger partial charge in [-0.05, 0) is 42.7 Å². The van der Waals surface area contributed by atoms with Gasteiger partial charge in [0.15, 0.2) is 0 Å². The first-order valence-electron chi connectivity index (χ1n) is 7.55. The van der Waals surface area contributed by atoms with E-state index in [0.717, 1.165) is 31.5 Å². The SMILES string of the molecule is O=C(NCc1ccc(C(=O)N2CCCC2)cc1)c1ccc(Cl)s1. The monoisotopic (exact) mass is 348 g/mol. The number of likely N-dealkylation sites (tertiary alicyclic amines) is 1. The van der Waals surface area contributed by atoms with E-state index in [-0.39, 0.29) is 11.8 Å². The molecule has 0 unspecified atom stereocenters. The van der Waals surface area contributed by atoms with Crippen LogP contribution in [0, 0.1) is 0 Å². The van der Waals surface area contributed by atoms with Gasteiger partial charge in [-0.2, -0.15) is 0 Å². The Balaban J connectivity index is 1.57. The molecule has 0 aliphatic carbocycles. The molecule has 2 heterocycles. The molecule has 4 nitrogen and oxygen atoms in total. The van der Waals surface area contributed by atoms with Crippen molar-refractivity contribution >= 4 is 34.8 Å². The molecule has 1 aliphatic rings. The van der Waals surface area contributed by atoms with Gasteiger partial charge in [-0.25, -0.2) is 0 Å². The van der Waals surface area contributed by atoms with E-state index < -0.39 is 0 Å². The van der Waals surface area contributed by atoms with Crippen molar-refractivity contribution in [3.8, 4) is 0 Å². The highest BCUT2D eigenvalue weighted by Crippen LogP contribution is 2.21. The number of halogens is 1. The van der Waals surface area contributed by atoms with Crippen LogP contribution in [0.15, 0.2) is 36.4 Å². The molecule has 0 spiro atoms. The van der Waals surface area contributed by atoms with Gasteiger partial charge in [0.2, 0.25) is 0 Å². The van der Waals surface area contributed by atoms with Crippen LogP contribution < -0.4 is 5.32 Å². The van der Waals surface area contributed by atoms with Crippen molar-refractivity contribution in [2.45, 2.75) is 19.4 Å². The van der Waals surface area contributed by atoms with E-state index in [0.29, 0.717) is 21.3 Å². The first kappa shape index (κ1) is 16.0. The average molecular weight is 349 g/mol. The Morgan fingerprint density at radius 3 is 2.39 bits per heavy atom. The summed E-state index contributed by atoms with van der Waals surface area (Å²) >= 11 is 7.08. The Bertz CT molecular complexity index is 706. The van der Waals surface area contributed by atoms with Crippen molar-refractivity contribution in [2.24, 2.45) is 0 Å². The molecule has 2 aromatic rings. The lowest BCUT2D eigenvalue weighted by atomic mass is 10.1. The lowest BCUT2D eigenvalue weighted by molar-refractivity contribution is 0.0792. The maximum atomic E-state index is 12.3. The number of hydrogen-bond donors (Lipinski definition) is 1. The third kappa shape index (κ3) is 3.92. The molecule has 0 atom stereocenters. The lowest BCUT2D eigenvalue weighted by Crippen LogP contribution is -2.27. The van der Waals surface area contributed by atoms with Crippen molar-refractivity contribution in [1.82, 2.24) is 10.2 Å². The fourth-order valence-corrected chi connectivity index (χ4v) is 3.53.